The van der Waals surface area contributed by atoms with E-state index < -0.39 is 0 Å². The number of rotatable bonds is 3. The Morgan fingerprint density at radius 2 is 2.00 bits per heavy atom. The summed E-state index contributed by atoms with van der Waals surface area (Å²) in [6, 6.07) is -0.0256. The van der Waals surface area contributed by atoms with Crippen LogP contribution in [0.4, 0.5) is 5.13 Å². The van der Waals surface area contributed by atoms with Crippen molar-refractivity contribution < 1.29 is 14.6 Å². The number of carbonyl (C=O) groups excluding carboxylic acids is 1. The predicted molar refractivity (Wildman–Crippen MR) is 70.1 cm³/mol. The zero-order valence-corrected chi connectivity index (χ0v) is 11.9. The van der Waals surface area contributed by atoms with E-state index in [1.165, 1.54) is 16.2 Å². The molecule has 6 nitrogen and oxygen atoms in total. The zero-order valence-electron chi connectivity index (χ0n) is 11.1. The van der Waals surface area contributed by atoms with E-state index in [0.717, 1.165) is 31.2 Å². The molecule has 7 heteroatoms. The number of nitrogens with one attached hydrogen (secondary N) is 3. The molecule has 2 rings (SSSR count). The molecule has 1 fully saturated rings. The molecular weight excluding hydrogens is 250 g/mol. The Bertz CT molecular complexity index is 413. The minimum Gasteiger partial charge on any atom is -0.328 e. The highest BCUT2D eigenvalue weighted by Crippen LogP contribution is 2.13. The summed E-state index contributed by atoms with van der Waals surface area (Å²) in [5.74, 6) is 0.0423. The van der Waals surface area contributed by atoms with Gasteiger partial charge < -0.3 is 9.80 Å². The highest BCUT2D eigenvalue weighted by atomic mass is 32.1. The third-order valence-corrected chi connectivity index (χ3v) is 4.26. The average molecular weight is 271 g/mol. The summed E-state index contributed by atoms with van der Waals surface area (Å²) < 4.78 is 0. The first kappa shape index (κ1) is 13.4. The molecule has 18 heavy (non-hydrogen) atoms. The van der Waals surface area contributed by atoms with Crippen LogP contribution in [-0.2, 0) is 4.79 Å². The molecule has 0 bridgehead atoms. The fourth-order valence-electron chi connectivity index (χ4n) is 2.18. The van der Waals surface area contributed by atoms with Crippen LogP contribution in [0.15, 0.2) is 0 Å². The molecule has 100 valence electrons. The van der Waals surface area contributed by atoms with Crippen molar-refractivity contribution in [2.75, 3.05) is 38.5 Å². The molecule has 0 unspecified atom stereocenters. The molecule has 3 N–H and O–H groups in total. The van der Waals surface area contributed by atoms with Crippen molar-refractivity contribution in [3.05, 3.63) is 5.01 Å². The van der Waals surface area contributed by atoms with E-state index in [0.29, 0.717) is 5.13 Å². The Balaban J connectivity index is 1.88. The van der Waals surface area contributed by atoms with Gasteiger partial charge in [0.1, 0.15) is 31.2 Å². The van der Waals surface area contributed by atoms with Crippen molar-refractivity contribution in [3.8, 4) is 0 Å². The third kappa shape index (κ3) is 3.24. The first-order valence-corrected chi connectivity index (χ1v) is 7.14. The second kappa shape index (κ2) is 5.73. The predicted octanol–water partition coefficient (Wildman–Crippen LogP) is -2.41. The normalized spacial score (nSPS) is 25.7. The third-order valence-electron chi connectivity index (χ3n) is 3.51. The Kier molecular flexibility index (Phi) is 4.26. The number of piperazine rings is 1. The first-order valence-electron chi connectivity index (χ1n) is 6.33. The second-order valence-electron chi connectivity index (χ2n) is 4.95. The lowest BCUT2D eigenvalue weighted by atomic mass is 10.2. The maximum atomic E-state index is 12.1. The minimum atomic E-state index is -0.0256. The molecule has 2 heterocycles. The summed E-state index contributed by atoms with van der Waals surface area (Å²) in [4.78, 5) is 15.0. The van der Waals surface area contributed by atoms with E-state index in [9.17, 15) is 4.79 Å². The minimum absolute atomic E-state index is 0.0256. The van der Waals surface area contributed by atoms with Crippen molar-refractivity contribution in [2.24, 2.45) is 0 Å². The topological polar surface area (TPSA) is 63.8 Å². The Morgan fingerprint density at radius 1 is 1.33 bits per heavy atom. The van der Waals surface area contributed by atoms with Gasteiger partial charge in [-0.15, -0.1) is 10.2 Å². The number of hydrogen-bond donors (Lipinski definition) is 3. The molecule has 1 saturated heterocycles. The quantitative estimate of drug-likeness (QED) is 0.574. The van der Waals surface area contributed by atoms with Crippen LogP contribution in [0.2, 0.25) is 0 Å². The standard InChI is InChI=1S/C11H19N5OS/c1-8(16-6-4-15(3)5-7-16)10(17)12-11-14-13-9(2)18-11/h8H,4-7H2,1-3H3,(H,12,14,17)/p+2/t8-/m0/s1. The molecule has 1 amide bonds. The van der Waals surface area contributed by atoms with Crippen molar-refractivity contribution >= 4 is 22.4 Å². The van der Waals surface area contributed by atoms with E-state index in [-0.39, 0.29) is 11.9 Å². The van der Waals surface area contributed by atoms with Crippen molar-refractivity contribution in [3.63, 3.8) is 0 Å². The Labute approximate surface area is 111 Å². The number of likely N-dealkylation sites (N-methyl/N-ethyl adjacent to an activating group) is 1. The van der Waals surface area contributed by atoms with Crippen molar-refractivity contribution in [1.29, 1.82) is 0 Å². The lowest BCUT2D eigenvalue weighted by Crippen LogP contribution is -3.29. The number of carbonyl (C=O) groups is 1. The van der Waals surface area contributed by atoms with Gasteiger partial charge in [0, 0.05) is 0 Å². The summed E-state index contributed by atoms with van der Waals surface area (Å²) in [6.07, 6.45) is 0. The van der Waals surface area contributed by atoms with Gasteiger partial charge in [0.25, 0.3) is 5.91 Å². The van der Waals surface area contributed by atoms with Gasteiger partial charge in [0.15, 0.2) is 6.04 Å². The van der Waals surface area contributed by atoms with Crippen LogP contribution in [0.1, 0.15) is 11.9 Å². The van der Waals surface area contributed by atoms with Crippen LogP contribution in [0.25, 0.3) is 0 Å². The number of aryl methyl sites for hydroxylation is 1. The monoisotopic (exact) mass is 271 g/mol. The molecule has 1 atom stereocenters. The maximum absolute atomic E-state index is 12.1. The van der Waals surface area contributed by atoms with Gasteiger partial charge in [-0.3, -0.25) is 10.1 Å². The average Bonchev–Trinajstić information content (AvgIpc) is 2.75. The Morgan fingerprint density at radius 3 is 2.56 bits per heavy atom. The highest BCUT2D eigenvalue weighted by molar-refractivity contribution is 7.15. The molecule has 1 aromatic rings. The summed E-state index contributed by atoms with van der Waals surface area (Å²) in [5, 5.41) is 12.1. The first-order chi connectivity index (χ1) is 8.56. The van der Waals surface area contributed by atoms with Crippen LogP contribution < -0.4 is 15.1 Å². The van der Waals surface area contributed by atoms with Crippen LogP contribution in [-0.4, -0.2) is 55.4 Å². The molecule has 1 aromatic heterocycles. The summed E-state index contributed by atoms with van der Waals surface area (Å²) in [7, 11) is 2.20. The second-order valence-corrected chi connectivity index (χ2v) is 6.13. The fourth-order valence-corrected chi connectivity index (χ4v) is 2.77. The fraction of sp³-hybridized carbons (Fsp3) is 0.727. The lowest BCUT2D eigenvalue weighted by molar-refractivity contribution is -1.01. The van der Waals surface area contributed by atoms with Crippen LogP contribution in [0.3, 0.4) is 0 Å². The smallest absolute Gasteiger partial charge is 0.284 e. The molecule has 0 aromatic carbocycles. The van der Waals surface area contributed by atoms with Crippen molar-refractivity contribution in [1.82, 2.24) is 10.2 Å². The van der Waals surface area contributed by atoms with Crippen LogP contribution >= 0.6 is 11.3 Å². The summed E-state index contributed by atoms with van der Waals surface area (Å²) in [6.45, 7) is 8.23. The van der Waals surface area contributed by atoms with E-state index in [1.807, 2.05) is 13.8 Å². The SMILES string of the molecule is Cc1nnc(NC(=O)[C@H](C)[NH+]2CC[NH+](C)CC2)s1. The van der Waals surface area contributed by atoms with Gasteiger partial charge in [-0.05, 0) is 13.8 Å². The number of aromatic nitrogens is 2. The van der Waals surface area contributed by atoms with E-state index >= 15 is 0 Å². The number of anilines is 1. The summed E-state index contributed by atoms with van der Waals surface area (Å²) >= 11 is 1.41. The van der Waals surface area contributed by atoms with Crippen LogP contribution in [0.5, 0.6) is 0 Å². The molecule has 0 saturated carbocycles. The number of quaternary nitrogens is 2. The number of hydrogen-bond acceptors (Lipinski definition) is 4. The van der Waals surface area contributed by atoms with Gasteiger partial charge in [0.2, 0.25) is 5.13 Å². The van der Waals surface area contributed by atoms with Gasteiger partial charge in [0.05, 0.1) is 7.05 Å². The van der Waals surface area contributed by atoms with E-state index in [2.05, 4.69) is 22.6 Å². The molecule has 0 radical (unpaired) electrons. The van der Waals surface area contributed by atoms with Gasteiger partial charge in [-0.1, -0.05) is 11.3 Å². The molecule has 1 aliphatic rings. The van der Waals surface area contributed by atoms with E-state index in [1.54, 1.807) is 4.90 Å². The van der Waals surface area contributed by atoms with Crippen molar-refractivity contribution in [2.45, 2.75) is 19.9 Å². The zero-order chi connectivity index (χ0) is 13.1. The number of nitrogens with zero attached hydrogens (tertiary/aromatic N) is 2. The van der Waals surface area contributed by atoms with Gasteiger partial charge >= 0.3 is 0 Å². The lowest BCUT2D eigenvalue weighted by Gasteiger charge is -2.30. The molecule has 0 spiro atoms. The molecular formula is C11H21N5OS+2. The summed E-state index contributed by atoms with van der Waals surface area (Å²) in [5.41, 5.74) is 0. The van der Waals surface area contributed by atoms with Crippen LogP contribution in [0, 0.1) is 6.92 Å². The molecule has 1 aliphatic heterocycles. The number of amides is 1. The van der Waals surface area contributed by atoms with E-state index in [4.69, 9.17) is 0 Å². The maximum Gasteiger partial charge on any atom is 0.284 e. The Hall–Kier alpha value is -1.05. The van der Waals surface area contributed by atoms with Gasteiger partial charge in [-0.25, -0.2) is 0 Å². The largest absolute Gasteiger partial charge is 0.328 e. The highest BCUT2D eigenvalue weighted by Gasteiger charge is 2.30. The van der Waals surface area contributed by atoms with Gasteiger partial charge in [-0.2, -0.15) is 0 Å². The molecule has 0 aliphatic carbocycles.